The molecule has 1 atom stereocenters. The fourth-order valence-corrected chi connectivity index (χ4v) is 5.94. The second-order valence-corrected chi connectivity index (χ2v) is 11.1. The maximum absolute atomic E-state index is 14.5. The average molecular weight is 604 g/mol. The molecule has 12 nitrogen and oxygen atoms in total. The van der Waals surface area contributed by atoms with Gasteiger partial charge in [-0.15, -0.1) is 5.10 Å². The molecular weight excluding hydrogens is 570 g/mol. The first-order chi connectivity index (χ1) is 22.0. The second-order valence-electron chi connectivity index (χ2n) is 11.1. The fourth-order valence-electron chi connectivity index (χ4n) is 5.94. The van der Waals surface area contributed by atoms with Gasteiger partial charge in [-0.05, 0) is 42.1 Å². The van der Waals surface area contributed by atoms with Gasteiger partial charge in [-0.1, -0.05) is 36.4 Å². The van der Waals surface area contributed by atoms with Gasteiger partial charge in [0.05, 0.1) is 37.4 Å². The number of hydrogen-bond donors (Lipinski definition) is 2. The predicted molar refractivity (Wildman–Crippen MR) is 171 cm³/mol. The molecule has 1 aliphatic rings. The van der Waals surface area contributed by atoms with Crippen LogP contribution in [0.2, 0.25) is 0 Å². The minimum Gasteiger partial charge on any atom is -0.381 e. The number of anilines is 1. The summed E-state index contributed by atoms with van der Waals surface area (Å²) >= 11 is 0. The van der Waals surface area contributed by atoms with Crippen LogP contribution in [0.25, 0.3) is 33.2 Å². The summed E-state index contributed by atoms with van der Waals surface area (Å²) in [6, 6.07) is 18.3. The van der Waals surface area contributed by atoms with Crippen molar-refractivity contribution in [1.29, 1.82) is 0 Å². The predicted octanol–water partition coefficient (Wildman–Crippen LogP) is 3.30. The number of hydrogen-bond acceptors (Lipinski definition) is 8. The van der Waals surface area contributed by atoms with E-state index >= 15 is 0 Å². The number of nitrogens with two attached hydrogens (primary N) is 1. The van der Waals surface area contributed by atoms with Crippen molar-refractivity contribution in [3.63, 3.8) is 0 Å². The highest BCUT2D eigenvalue weighted by Gasteiger charge is 2.24. The number of fused-ring (bicyclic) bond motifs is 2. The number of benzene rings is 2. The zero-order chi connectivity index (χ0) is 30.9. The van der Waals surface area contributed by atoms with Crippen molar-refractivity contribution in [2.45, 2.75) is 19.5 Å². The van der Waals surface area contributed by atoms with Crippen LogP contribution in [0.15, 0.2) is 90.2 Å². The Labute approximate surface area is 258 Å². The summed E-state index contributed by atoms with van der Waals surface area (Å²) in [7, 11) is 0. The number of nitrogens with zero attached hydrogens (tertiary/aromatic N) is 7. The molecule has 0 bridgehead atoms. The lowest BCUT2D eigenvalue weighted by atomic mass is 9.99. The van der Waals surface area contributed by atoms with Crippen molar-refractivity contribution in [1.82, 2.24) is 39.2 Å². The van der Waals surface area contributed by atoms with Gasteiger partial charge >= 0.3 is 0 Å². The maximum Gasteiger partial charge on any atom is 0.263 e. The van der Waals surface area contributed by atoms with E-state index in [1.54, 1.807) is 23.0 Å². The quantitative estimate of drug-likeness (QED) is 0.270. The molecule has 1 amide bonds. The number of pyridine rings is 1. The zero-order valence-corrected chi connectivity index (χ0v) is 24.8. The van der Waals surface area contributed by atoms with E-state index < -0.39 is 11.9 Å². The van der Waals surface area contributed by atoms with E-state index in [4.69, 9.17) is 10.5 Å². The number of nitrogen functional groups attached to an aromatic ring is 1. The van der Waals surface area contributed by atoms with Crippen LogP contribution in [-0.4, -0.2) is 72.6 Å². The maximum atomic E-state index is 14.5. The zero-order valence-electron chi connectivity index (χ0n) is 24.8. The van der Waals surface area contributed by atoms with Crippen LogP contribution in [0, 0.1) is 0 Å². The summed E-state index contributed by atoms with van der Waals surface area (Å²) in [6.07, 6.45) is 7.07. The lowest BCUT2D eigenvalue weighted by molar-refractivity contribution is 0.0360. The summed E-state index contributed by atoms with van der Waals surface area (Å²) < 4.78 is 10.5. The molecule has 0 radical (unpaired) electrons. The van der Waals surface area contributed by atoms with Crippen molar-refractivity contribution in [3.8, 4) is 16.8 Å². The van der Waals surface area contributed by atoms with Gasteiger partial charge in [0.15, 0.2) is 11.5 Å². The highest BCUT2D eigenvalue weighted by molar-refractivity contribution is 6.04. The number of carbonyl (C=O) groups is 1. The number of carbonyl (C=O) groups excluding carboxylic acids is 1. The van der Waals surface area contributed by atoms with Crippen LogP contribution in [0.3, 0.4) is 0 Å². The Morgan fingerprint density at radius 3 is 2.71 bits per heavy atom. The van der Waals surface area contributed by atoms with E-state index in [-0.39, 0.29) is 16.9 Å². The van der Waals surface area contributed by atoms with Crippen molar-refractivity contribution < 1.29 is 9.53 Å². The standard InChI is InChI=1S/C33H33N9O3/c1-22(37-32(43)29-30(34)38-41-12-6-11-35-31(29)41)27-19-23-7-5-10-26(28(23)33(44)42(27)25-8-3-2-4-9-25)24-20-36-40(21-24)14-13-39-15-17-45-18-16-39/h2-12,19-22H,13-18H2,1H3,(H2,34,38)(H,37,43). The Morgan fingerprint density at radius 2 is 1.89 bits per heavy atom. The van der Waals surface area contributed by atoms with Crippen molar-refractivity contribution in [2.75, 3.05) is 38.6 Å². The molecule has 1 aliphatic heterocycles. The Kier molecular flexibility index (Phi) is 7.57. The number of aromatic nitrogens is 6. The molecule has 5 heterocycles. The molecule has 4 aromatic heterocycles. The first-order valence-electron chi connectivity index (χ1n) is 14.9. The van der Waals surface area contributed by atoms with Crippen LogP contribution < -0.4 is 16.6 Å². The number of rotatable bonds is 8. The van der Waals surface area contributed by atoms with Crippen molar-refractivity contribution in [3.05, 3.63) is 107 Å². The fraction of sp³-hybridized carbons (Fsp3) is 0.242. The largest absolute Gasteiger partial charge is 0.381 e. The summed E-state index contributed by atoms with van der Waals surface area (Å²) in [4.78, 5) is 34.7. The third-order valence-electron chi connectivity index (χ3n) is 8.22. The van der Waals surface area contributed by atoms with E-state index in [2.05, 4.69) is 25.4 Å². The van der Waals surface area contributed by atoms with E-state index in [0.717, 1.165) is 55.9 Å². The van der Waals surface area contributed by atoms with Crippen molar-refractivity contribution >= 4 is 28.1 Å². The Morgan fingerprint density at radius 1 is 1.07 bits per heavy atom. The van der Waals surface area contributed by atoms with Gasteiger partial charge in [-0.3, -0.25) is 23.7 Å². The van der Waals surface area contributed by atoms with Gasteiger partial charge in [-0.25, -0.2) is 9.50 Å². The third kappa shape index (κ3) is 5.45. The van der Waals surface area contributed by atoms with Crippen LogP contribution in [0.4, 0.5) is 5.82 Å². The molecule has 3 N–H and O–H groups in total. The van der Waals surface area contributed by atoms with Crippen LogP contribution in [0.5, 0.6) is 0 Å². The van der Waals surface area contributed by atoms with Crippen LogP contribution >= 0.6 is 0 Å². The van der Waals surface area contributed by atoms with E-state index in [9.17, 15) is 9.59 Å². The SMILES string of the molecule is CC(NC(=O)c1c(N)nn2cccnc12)c1cc2cccc(-c3cnn(CCN4CCOCC4)c3)c2c(=O)n1-c1ccccc1. The average Bonchev–Trinajstić information content (AvgIpc) is 3.68. The molecule has 1 unspecified atom stereocenters. The highest BCUT2D eigenvalue weighted by atomic mass is 16.5. The Balaban J connectivity index is 1.27. The van der Waals surface area contributed by atoms with E-state index in [0.29, 0.717) is 22.4 Å². The number of morpholine rings is 1. The minimum absolute atomic E-state index is 0.0764. The lowest BCUT2D eigenvalue weighted by Gasteiger charge is -2.26. The molecule has 1 fully saturated rings. The highest BCUT2D eigenvalue weighted by Crippen LogP contribution is 2.29. The number of para-hydroxylation sites is 1. The third-order valence-corrected chi connectivity index (χ3v) is 8.22. The number of ether oxygens (including phenoxy) is 1. The molecule has 0 aliphatic carbocycles. The Bertz CT molecular complexity index is 2060. The number of amides is 1. The van der Waals surface area contributed by atoms with Gasteiger partial charge < -0.3 is 15.8 Å². The molecule has 12 heteroatoms. The molecule has 0 saturated carbocycles. The first-order valence-corrected chi connectivity index (χ1v) is 14.9. The monoisotopic (exact) mass is 603 g/mol. The van der Waals surface area contributed by atoms with Gasteiger partial charge in [0.25, 0.3) is 11.5 Å². The summed E-state index contributed by atoms with van der Waals surface area (Å²) in [5.74, 6) is -0.355. The molecule has 1 saturated heterocycles. The van der Waals surface area contributed by atoms with Crippen LogP contribution in [0.1, 0.15) is 29.0 Å². The molecule has 45 heavy (non-hydrogen) atoms. The summed E-state index contributed by atoms with van der Waals surface area (Å²) in [5, 5.41) is 13.2. The molecular formula is C33H33N9O3. The topological polar surface area (TPSA) is 138 Å². The Hall–Kier alpha value is -5.33. The van der Waals surface area contributed by atoms with Crippen LogP contribution in [-0.2, 0) is 11.3 Å². The summed E-state index contributed by atoms with van der Waals surface area (Å²) in [5.41, 5.74) is 9.44. The van der Waals surface area contributed by atoms with E-state index in [1.165, 1.54) is 4.52 Å². The smallest absolute Gasteiger partial charge is 0.263 e. The van der Waals surface area contributed by atoms with E-state index in [1.807, 2.05) is 78.6 Å². The van der Waals surface area contributed by atoms with Gasteiger partial charge in [0.1, 0.15) is 5.56 Å². The molecule has 6 aromatic rings. The molecule has 0 spiro atoms. The van der Waals surface area contributed by atoms with Gasteiger partial charge in [-0.2, -0.15) is 5.10 Å². The van der Waals surface area contributed by atoms with Crippen molar-refractivity contribution in [2.24, 2.45) is 0 Å². The molecule has 228 valence electrons. The molecule has 7 rings (SSSR count). The van der Waals surface area contributed by atoms with Gasteiger partial charge in [0.2, 0.25) is 0 Å². The summed E-state index contributed by atoms with van der Waals surface area (Å²) in [6.45, 7) is 6.81. The normalized spacial score (nSPS) is 14.6. The molecule has 2 aromatic carbocycles. The number of nitrogens with one attached hydrogen (secondary N) is 1. The second kappa shape index (κ2) is 12.0. The lowest BCUT2D eigenvalue weighted by Crippen LogP contribution is -2.38. The first kappa shape index (κ1) is 28.4. The van der Waals surface area contributed by atoms with Gasteiger partial charge in [0, 0.05) is 55.2 Å². The minimum atomic E-state index is -0.570.